The summed E-state index contributed by atoms with van der Waals surface area (Å²) < 4.78 is 4.88. The Morgan fingerprint density at radius 3 is 3.00 bits per heavy atom. The van der Waals surface area contributed by atoms with Crippen molar-refractivity contribution in [2.45, 2.75) is 5.16 Å². The van der Waals surface area contributed by atoms with E-state index in [9.17, 15) is 0 Å². The molecule has 0 saturated heterocycles. The topological polar surface area (TPSA) is 37.9 Å². The van der Waals surface area contributed by atoms with Crippen molar-refractivity contribution in [2.24, 2.45) is 0 Å². The second-order valence-electron chi connectivity index (χ2n) is 2.31. The van der Waals surface area contributed by atoms with Crippen LogP contribution in [0, 0.1) is 0 Å². The summed E-state index contributed by atoms with van der Waals surface area (Å²) in [5.74, 6) is 0. The summed E-state index contributed by atoms with van der Waals surface area (Å²) in [5, 5.41) is 0.790. The molecule has 1 N–H and O–H groups in total. The molecule has 1 aromatic heterocycles. The number of rotatable bonds is 2. The van der Waals surface area contributed by atoms with Crippen molar-refractivity contribution in [2.75, 3.05) is 7.11 Å². The van der Waals surface area contributed by atoms with Crippen molar-refractivity contribution >= 4 is 23.1 Å². The minimum absolute atomic E-state index is 0.790. The molecule has 2 rings (SSSR count). The average Bonchev–Trinajstić information content (AvgIpc) is 2.47. The van der Waals surface area contributed by atoms with Crippen LogP contribution in [0.25, 0.3) is 11.0 Å². The molecule has 0 aliphatic rings. The van der Waals surface area contributed by atoms with Gasteiger partial charge in [-0.3, -0.25) is 0 Å². The number of nitrogens with one attached hydrogen (secondary N) is 1. The zero-order chi connectivity index (χ0) is 8.39. The Morgan fingerprint density at radius 1 is 1.42 bits per heavy atom. The molecule has 1 aromatic carbocycles. The fourth-order valence-electron chi connectivity index (χ4n) is 1.05. The molecule has 12 heavy (non-hydrogen) atoms. The van der Waals surface area contributed by atoms with Crippen LogP contribution in [-0.2, 0) is 4.18 Å². The number of imidazole rings is 1. The molecule has 3 nitrogen and oxygen atoms in total. The second-order valence-corrected chi connectivity index (χ2v) is 3.20. The second kappa shape index (κ2) is 3.16. The molecular formula is C8H8N2OS. The fraction of sp³-hybridized carbons (Fsp3) is 0.125. The first-order valence-corrected chi connectivity index (χ1v) is 4.30. The number of hydrogen-bond acceptors (Lipinski definition) is 3. The SMILES string of the molecule is COSc1nc2ccccc2[nH]1. The Kier molecular flexibility index (Phi) is 2.01. The normalized spacial score (nSPS) is 10.8. The first-order valence-electron chi connectivity index (χ1n) is 3.55. The highest BCUT2D eigenvalue weighted by atomic mass is 32.2. The third-order valence-corrected chi connectivity index (χ3v) is 2.05. The molecule has 0 saturated carbocycles. The molecule has 0 amide bonds. The number of fused-ring (bicyclic) bond motifs is 1. The number of aromatic amines is 1. The van der Waals surface area contributed by atoms with Gasteiger partial charge in [0.15, 0.2) is 5.16 Å². The number of benzene rings is 1. The third-order valence-electron chi connectivity index (χ3n) is 1.53. The van der Waals surface area contributed by atoms with Crippen LogP contribution in [-0.4, -0.2) is 17.1 Å². The van der Waals surface area contributed by atoms with Crippen LogP contribution in [0.4, 0.5) is 0 Å². The number of hydrogen-bond donors (Lipinski definition) is 1. The largest absolute Gasteiger partial charge is 0.331 e. The average molecular weight is 180 g/mol. The van der Waals surface area contributed by atoms with Gasteiger partial charge in [0.1, 0.15) is 0 Å². The lowest BCUT2D eigenvalue weighted by atomic mass is 10.3. The van der Waals surface area contributed by atoms with Gasteiger partial charge in [0.2, 0.25) is 0 Å². The number of aromatic nitrogens is 2. The first-order chi connectivity index (χ1) is 5.90. The summed E-state index contributed by atoms with van der Waals surface area (Å²) in [6.07, 6.45) is 0. The van der Waals surface area contributed by atoms with Gasteiger partial charge < -0.3 is 9.17 Å². The molecule has 0 fully saturated rings. The number of H-pyrrole nitrogens is 1. The summed E-state index contributed by atoms with van der Waals surface area (Å²) in [4.78, 5) is 7.41. The maximum absolute atomic E-state index is 4.88. The minimum atomic E-state index is 0.790. The monoisotopic (exact) mass is 180 g/mol. The van der Waals surface area contributed by atoms with E-state index in [0.717, 1.165) is 16.2 Å². The van der Waals surface area contributed by atoms with E-state index in [4.69, 9.17) is 4.18 Å². The van der Waals surface area contributed by atoms with Crippen LogP contribution in [0.1, 0.15) is 0 Å². The van der Waals surface area contributed by atoms with Crippen molar-refractivity contribution in [1.82, 2.24) is 9.97 Å². The molecule has 0 radical (unpaired) electrons. The maximum Gasteiger partial charge on any atom is 0.194 e. The lowest BCUT2D eigenvalue weighted by molar-refractivity contribution is 0.487. The van der Waals surface area contributed by atoms with E-state index in [2.05, 4.69) is 9.97 Å². The summed E-state index contributed by atoms with van der Waals surface area (Å²) in [6.45, 7) is 0. The Labute approximate surface area is 74.4 Å². The maximum atomic E-state index is 4.88. The van der Waals surface area contributed by atoms with Gasteiger partial charge >= 0.3 is 0 Å². The predicted molar refractivity (Wildman–Crippen MR) is 49.0 cm³/mol. The first kappa shape index (κ1) is 7.64. The van der Waals surface area contributed by atoms with Gasteiger partial charge in [0.25, 0.3) is 0 Å². The van der Waals surface area contributed by atoms with Gasteiger partial charge in [-0.1, -0.05) is 12.1 Å². The van der Waals surface area contributed by atoms with Crippen molar-refractivity contribution in [1.29, 1.82) is 0 Å². The van der Waals surface area contributed by atoms with E-state index in [0.29, 0.717) is 0 Å². The van der Waals surface area contributed by atoms with E-state index in [-0.39, 0.29) is 0 Å². The van der Waals surface area contributed by atoms with Gasteiger partial charge in [0, 0.05) is 0 Å². The Balaban J connectivity index is 2.47. The molecule has 0 atom stereocenters. The molecule has 0 spiro atoms. The van der Waals surface area contributed by atoms with E-state index < -0.39 is 0 Å². The molecule has 1 heterocycles. The van der Waals surface area contributed by atoms with Crippen LogP contribution in [0.2, 0.25) is 0 Å². The lowest BCUT2D eigenvalue weighted by Gasteiger charge is -1.87. The van der Waals surface area contributed by atoms with Crippen LogP contribution in [0.3, 0.4) is 0 Å². The molecule has 0 bridgehead atoms. The standard InChI is InChI=1S/C8H8N2OS/c1-11-12-8-9-6-4-2-3-5-7(6)10-8/h2-5H,1H3,(H,9,10). The fourth-order valence-corrected chi connectivity index (χ4v) is 1.49. The lowest BCUT2D eigenvalue weighted by Crippen LogP contribution is -1.72. The zero-order valence-electron chi connectivity index (χ0n) is 6.57. The minimum Gasteiger partial charge on any atom is -0.331 e. The van der Waals surface area contributed by atoms with E-state index in [1.165, 1.54) is 12.0 Å². The van der Waals surface area contributed by atoms with Crippen LogP contribution in [0.15, 0.2) is 29.4 Å². The van der Waals surface area contributed by atoms with Gasteiger partial charge in [-0.15, -0.1) is 0 Å². The molecule has 0 unspecified atom stereocenters. The highest BCUT2D eigenvalue weighted by molar-refractivity contribution is 7.94. The molecule has 0 aliphatic carbocycles. The summed E-state index contributed by atoms with van der Waals surface area (Å²) in [6, 6.07) is 7.89. The molecule has 2 aromatic rings. The Hall–Kier alpha value is -1.00. The van der Waals surface area contributed by atoms with E-state index >= 15 is 0 Å². The molecule has 4 heteroatoms. The number of para-hydroxylation sites is 2. The van der Waals surface area contributed by atoms with Crippen molar-refractivity contribution < 1.29 is 4.18 Å². The third kappa shape index (κ3) is 1.31. The highest BCUT2D eigenvalue weighted by Gasteiger charge is 2.00. The molecular weight excluding hydrogens is 172 g/mol. The van der Waals surface area contributed by atoms with Gasteiger partial charge in [-0.25, -0.2) is 4.98 Å². The molecule has 62 valence electrons. The van der Waals surface area contributed by atoms with Crippen LogP contribution < -0.4 is 0 Å². The van der Waals surface area contributed by atoms with Gasteiger partial charge in [0.05, 0.1) is 30.2 Å². The summed E-state index contributed by atoms with van der Waals surface area (Å²) in [5.41, 5.74) is 2.01. The van der Waals surface area contributed by atoms with Gasteiger partial charge in [-0.2, -0.15) is 0 Å². The quantitative estimate of drug-likeness (QED) is 0.720. The van der Waals surface area contributed by atoms with Gasteiger partial charge in [-0.05, 0) is 12.1 Å². The molecule has 0 aliphatic heterocycles. The predicted octanol–water partition coefficient (Wildman–Crippen LogP) is 2.22. The summed E-state index contributed by atoms with van der Waals surface area (Å²) in [7, 11) is 1.62. The van der Waals surface area contributed by atoms with E-state index in [1.807, 2.05) is 24.3 Å². The summed E-state index contributed by atoms with van der Waals surface area (Å²) >= 11 is 1.23. The smallest absolute Gasteiger partial charge is 0.194 e. The van der Waals surface area contributed by atoms with E-state index in [1.54, 1.807) is 7.11 Å². The Bertz CT molecular complexity index is 352. The van der Waals surface area contributed by atoms with Crippen molar-refractivity contribution in [3.63, 3.8) is 0 Å². The van der Waals surface area contributed by atoms with Crippen LogP contribution >= 0.6 is 12.0 Å². The highest BCUT2D eigenvalue weighted by Crippen LogP contribution is 2.18. The number of nitrogens with zero attached hydrogens (tertiary/aromatic N) is 1. The zero-order valence-corrected chi connectivity index (χ0v) is 7.39. The van der Waals surface area contributed by atoms with Crippen molar-refractivity contribution in [3.8, 4) is 0 Å². The Morgan fingerprint density at radius 2 is 2.25 bits per heavy atom. The van der Waals surface area contributed by atoms with Crippen LogP contribution in [0.5, 0.6) is 0 Å². The van der Waals surface area contributed by atoms with Crippen molar-refractivity contribution in [3.05, 3.63) is 24.3 Å².